The van der Waals surface area contributed by atoms with Gasteiger partial charge in [0.05, 0.1) is 5.60 Å². The van der Waals surface area contributed by atoms with E-state index in [1.165, 1.54) is 24.3 Å². The predicted octanol–water partition coefficient (Wildman–Crippen LogP) is 4.14. The number of aromatic hydroxyl groups is 1. The van der Waals surface area contributed by atoms with E-state index < -0.39 is 15.7 Å². The summed E-state index contributed by atoms with van der Waals surface area (Å²) < 4.78 is 47.0. The maximum Gasteiger partial charge on any atom is 0.295 e. The van der Waals surface area contributed by atoms with Crippen LogP contribution in [0.1, 0.15) is 54.9 Å². The van der Waals surface area contributed by atoms with Crippen LogP contribution in [0, 0.1) is 18.7 Å². The van der Waals surface area contributed by atoms with Crippen LogP contribution in [0.5, 0.6) is 5.75 Å². The lowest BCUT2D eigenvalue weighted by Gasteiger charge is -2.44. The third-order valence-electron chi connectivity index (χ3n) is 6.01. The second-order valence-corrected chi connectivity index (χ2v) is 9.71. The van der Waals surface area contributed by atoms with Crippen molar-refractivity contribution in [2.24, 2.45) is 5.92 Å². The summed E-state index contributed by atoms with van der Waals surface area (Å²) in [5, 5.41) is 21.8. The molecule has 2 aromatic rings. The summed E-state index contributed by atoms with van der Waals surface area (Å²) in [5.74, 6) is -0.727. The molecule has 0 fully saturated rings. The van der Waals surface area contributed by atoms with Crippen LogP contribution in [0.15, 0.2) is 35.2 Å². The van der Waals surface area contributed by atoms with Crippen LogP contribution < -0.4 is 0 Å². The molecule has 0 bridgehead atoms. The molecule has 0 aliphatic heterocycles. The molecule has 3 rings (SSSR count). The van der Waals surface area contributed by atoms with Gasteiger partial charge in [-0.3, -0.25) is 4.55 Å². The maximum absolute atomic E-state index is 13.7. The highest BCUT2D eigenvalue weighted by atomic mass is 32.2. The van der Waals surface area contributed by atoms with Gasteiger partial charge in [0.15, 0.2) is 0 Å². The first-order valence-corrected chi connectivity index (χ1v) is 11.2. The molecule has 2 aromatic carbocycles. The summed E-state index contributed by atoms with van der Waals surface area (Å²) in [7, 11) is -4.53. The zero-order valence-corrected chi connectivity index (χ0v) is 17.6. The minimum Gasteiger partial charge on any atom is -0.508 e. The van der Waals surface area contributed by atoms with Gasteiger partial charge in [0, 0.05) is 11.5 Å². The minimum atomic E-state index is -4.53. The average molecular weight is 423 g/mol. The van der Waals surface area contributed by atoms with Gasteiger partial charge in [0.1, 0.15) is 16.5 Å². The Labute approximate surface area is 171 Å². The SMILES string of the molecule is Cc1ccc(O)c(CC[C@@]2(O)CCc3cc(F)ccc3[C@@H]2C(C)C)c1S(=O)(=O)O. The van der Waals surface area contributed by atoms with Gasteiger partial charge in [0.25, 0.3) is 10.1 Å². The van der Waals surface area contributed by atoms with Gasteiger partial charge >= 0.3 is 0 Å². The smallest absolute Gasteiger partial charge is 0.295 e. The molecule has 0 saturated carbocycles. The lowest BCUT2D eigenvalue weighted by Crippen LogP contribution is -2.43. The molecule has 3 N–H and O–H groups in total. The van der Waals surface area contributed by atoms with Crippen molar-refractivity contribution in [2.75, 3.05) is 0 Å². The Balaban J connectivity index is 1.99. The number of benzene rings is 2. The van der Waals surface area contributed by atoms with Crippen molar-refractivity contribution in [3.05, 3.63) is 58.4 Å². The van der Waals surface area contributed by atoms with Crippen molar-refractivity contribution in [3.8, 4) is 5.75 Å². The summed E-state index contributed by atoms with van der Waals surface area (Å²) in [6.07, 6.45) is 1.20. The molecule has 1 aliphatic rings. The van der Waals surface area contributed by atoms with Gasteiger partial charge < -0.3 is 10.2 Å². The van der Waals surface area contributed by atoms with Crippen LogP contribution in [0.25, 0.3) is 0 Å². The first-order chi connectivity index (χ1) is 13.4. The lowest BCUT2D eigenvalue weighted by molar-refractivity contribution is -0.0246. The van der Waals surface area contributed by atoms with Crippen molar-refractivity contribution in [2.45, 2.75) is 62.9 Å². The van der Waals surface area contributed by atoms with Gasteiger partial charge in [0.2, 0.25) is 0 Å². The van der Waals surface area contributed by atoms with E-state index in [2.05, 4.69) is 0 Å². The Hall–Kier alpha value is -1.96. The Kier molecular flexibility index (Phi) is 5.77. The molecule has 29 heavy (non-hydrogen) atoms. The second-order valence-electron chi connectivity index (χ2n) is 8.35. The average Bonchev–Trinajstić information content (AvgIpc) is 2.61. The molecule has 2 atom stereocenters. The van der Waals surface area contributed by atoms with Crippen LogP contribution in [-0.2, 0) is 23.0 Å². The predicted molar refractivity (Wildman–Crippen MR) is 108 cm³/mol. The van der Waals surface area contributed by atoms with Crippen molar-refractivity contribution in [1.29, 1.82) is 0 Å². The van der Waals surface area contributed by atoms with Crippen molar-refractivity contribution in [3.63, 3.8) is 0 Å². The molecule has 0 spiro atoms. The Morgan fingerprint density at radius 3 is 2.55 bits per heavy atom. The van der Waals surface area contributed by atoms with Gasteiger partial charge in [-0.25, -0.2) is 4.39 Å². The molecule has 5 nitrogen and oxygen atoms in total. The summed E-state index contributed by atoms with van der Waals surface area (Å²) in [6, 6.07) is 7.43. The van der Waals surface area contributed by atoms with Crippen molar-refractivity contribution >= 4 is 10.1 Å². The largest absolute Gasteiger partial charge is 0.508 e. The number of phenolic OH excluding ortho intramolecular Hbond substituents is 1. The number of aliphatic hydroxyl groups is 1. The molecule has 158 valence electrons. The van der Waals surface area contributed by atoms with E-state index in [0.29, 0.717) is 18.4 Å². The third kappa shape index (κ3) is 4.17. The van der Waals surface area contributed by atoms with Crippen LogP contribution in [0.4, 0.5) is 4.39 Å². The van der Waals surface area contributed by atoms with E-state index in [1.807, 2.05) is 13.8 Å². The zero-order valence-electron chi connectivity index (χ0n) is 16.8. The third-order valence-corrected chi connectivity index (χ3v) is 7.10. The summed E-state index contributed by atoms with van der Waals surface area (Å²) >= 11 is 0. The number of rotatable bonds is 5. The van der Waals surface area contributed by atoms with Gasteiger partial charge in [-0.2, -0.15) is 8.42 Å². The molecule has 0 radical (unpaired) electrons. The summed E-state index contributed by atoms with van der Waals surface area (Å²) in [5.41, 5.74) is 1.07. The fraction of sp³-hybridized carbons (Fsp3) is 0.455. The second kappa shape index (κ2) is 7.70. The van der Waals surface area contributed by atoms with Crippen LogP contribution in [0.2, 0.25) is 0 Å². The Bertz CT molecular complexity index is 1030. The Morgan fingerprint density at radius 2 is 1.93 bits per heavy atom. The number of aryl methyl sites for hydroxylation is 2. The van der Waals surface area contributed by atoms with E-state index in [0.717, 1.165) is 11.1 Å². The molecule has 0 aromatic heterocycles. The number of hydrogen-bond acceptors (Lipinski definition) is 4. The molecule has 0 unspecified atom stereocenters. The molecule has 0 amide bonds. The maximum atomic E-state index is 13.7. The fourth-order valence-electron chi connectivity index (χ4n) is 4.83. The Morgan fingerprint density at radius 1 is 1.24 bits per heavy atom. The fourth-order valence-corrected chi connectivity index (χ4v) is 5.82. The van der Waals surface area contributed by atoms with E-state index in [4.69, 9.17) is 0 Å². The normalized spacial score (nSPS) is 22.0. The molecule has 0 heterocycles. The molecule has 1 aliphatic carbocycles. The number of phenols is 1. The van der Waals surface area contributed by atoms with Gasteiger partial charge in [-0.05, 0) is 73.4 Å². The van der Waals surface area contributed by atoms with Crippen molar-refractivity contribution < 1.29 is 27.6 Å². The van der Waals surface area contributed by atoms with E-state index >= 15 is 0 Å². The highest BCUT2D eigenvalue weighted by Crippen LogP contribution is 2.46. The number of halogens is 1. The summed E-state index contributed by atoms with van der Waals surface area (Å²) in [6.45, 7) is 5.52. The van der Waals surface area contributed by atoms with E-state index in [-0.39, 0.29) is 46.7 Å². The first-order valence-electron chi connectivity index (χ1n) is 9.73. The van der Waals surface area contributed by atoms with E-state index in [1.54, 1.807) is 13.0 Å². The molecule has 7 heteroatoms. The highest BCUT2D eigenvalue weighted by Gasteiger charge is 2.43. The minimum absolute atomic E-state index is 0.0664. The van der Waals surface area contributed by atoms with Crippen LogP contribution in [0.3, 0.4) is 0 Å². The molecule has 0 saturated heterocycles. The monoisotopic (exact) mass is 422 g/mol. The van der Waals surface area contributed by atoms with Crippen LogP contribution >= 0.6 is 0 Å². The van der Waals surface area contributed by atoms with Crippen molar-refractivity contribution in [1.82, 2.24) is 0 Å². The number of hydrogen-bond donors (Lipinski definition) is 3. The number of fused-ring (bicyclic) bond motifs is 1. The molecular formula is C22H27FO5S. The topological polar surface area (TPSA) is 94.8 Å². The lowest BCUT2D eigenvalue weighted by atomic mass is 9.65. The zero-order chi connectivity index (χ0) is 21.6. The highest BCUT2D eigenvalue weighted by molar-refractivity contribution is 7.86. The standard InChI is InChI=1S/C22H27FO5S/c1-13(2)20-17-6-5-16(23)12-15(17)8-10-22(20,25)11-9-18-19(24)7-4-14(3)21(18)29(26,27)28/h4-7,12-13,20,24-25H,8-11H2,1-3H3,(H,26,27,28)/t20-,22-/m0/s1. The van der Waals surface area contributed by atoms with Gasteiger partial charge in [-0.1, -0.05) is 26.0 Å². The quantitative estimate of drug-likeness (QED) is 0.630. The van der Waals surface area contributed by atoms with Crippen LogP contribution in [-0.4, -0.2) is 28.8 Å². The summed E-state index contributed by atoms with van der Waals surface area (Å²) in [4.78, 5) is -0.305. The van der Waals surface area contributed by atoms with Gasteiger partial charge in [-0.15, -0.1) is 0 Å². The first kappa shape index (κ1) is 21.7. The van der Waals surface area contributed by atoms with E-state index in [9.17, 15) is 27.6 Å². The molecular weight excluding hydrogens is 395 g/mol.